The highest BCUT2D eigenvalue weighted by Crippen LogP contribution is 2.25. The first-order chi connectivity index (χ1) is 14.4. The Bertz CT molecular complexity index is 1090. The third-order valence-corrected chi connectivity index (χ3v) is 6.43. The van der Waals surface area contributed by atoms with Crippen molar-refractivity contribution in [3.05, 3.63) is 90.5 Å². The second-order valence-corrected chi connectivity index (χ2v) is 8.55. The molecule has 3 aromatic rings. The van der Waals surface area contributed by atoms with Crippen molar-refractivity contribution in [1.82, 2.24) is 5.32 Å². The molecule has 30 heavy (non-hydrogen) atoms. The van der Waals surface area contributed by atoms with Gasteiger partial charge in [0.05, 0.1) is 23.7 Å². The third kappa shape index (κ3) is 4.80. The molecule has 0 aliphatic heterocycles. The van der Waals surface area contributed by atoms with Crippen LogP contribution in [0.3, 0.4) is 0 Å². The standard InChI is InChI=1S/C23H24N2O4S/c1-18(21-15-9-10-16-22(21)29-2)24-23(26)17-25(19-11-5-3-6-12-19)30(27,28)20-13-7-4-8-14-20/h3-16,18H,17H2,1-2H3,(H,24,26)/t18-/m0/s1. The molecule has 0 spiro atoms. The van der Waals surface area contributed by atoms with E-state index in [-0.39, 0.29) is 17.5 Å². The molecule has 0 heterocycles. The Morgan fingerprint density at radius 1 is 0.933 bits per heavy atom. The molecule has 0 saturated heterocycles. The number of ether oxygens (including phenoxy) is 1. The van der Waals surface area contributed by atoms with Gasteiger partial charge in [0, 0.05) is 5.56 Å². The summed E-state index contributed by atoms with van der Waals surface area (Å²) in [6.07, 6.45) is 0. The molecule has 1 amide bonds. The molecule has 6 nitrogen and oxygen atoms in total. The topological polar surface area (TPSA) is 75.7 Å². The first-order valence-corrected chi connectivity index (χ1v) is 10.9. The number of nitrogens with zero attached hydrogens (tertiary/aromatic N) is 1. The van der Waals surface area contributed by atoms with E-state index < -0.39 is 15.9 Å². The van der Waals surface area contributed by atoms with Gasteiger partial charge in [-0.15, -0.1) is 0 Å². The van der Waals surface area contributed by atoms with Gasteiger partial charge >= 0.3 is 0 Å². The molecule has 1 N–H and O–H groups in total. The van der Waals surface area contributed by atoms with E-state index in [4.69, 9.17) is 4.74 Å². The molecule has 0 aliphatic carbocycles. The quantitative estimate of drug-likeness (QED) is 0.597. The number of nitrogens with one attached hydrogen (secondary N) is 1. The molecule has 0 radical (unpaired) electrons. The predicted molar refractivity (Wildman–Crippen MR) is 117 cm³/mol. The zero-order valence-corrected chi connectivity index (χ0v) is 17.7. The average Bonchev–Trinajstić information content (AvgIpc) is 2.78. The molecule has 0 unspecified atom stereocenters. The van der Waals surface area contributed by atoms with Crippen molar-refractivity contribution in [2.45, 2.75) is 17.9 Å². The van der Waals surface area contributed by atoms with Crippen molar-refractivity contribution in [3.63, 3.8) is 0 Å². The Kier molecular flexibility index (Phi) is 6.74. The number of hydrogen-bond acceptors (Lipinski definition) is 4. The number of benzene rings is 3. The SMILES string of the molecule is COc1ccccc1[C@H](C)NC(=O)CN(c1ccccc1)S(=O)(=O)c1ccccc1. The molecule has 7 heteroatoms. The van der Waals surface area contributed by atoms with Crippen LogP contribution >= 0.6 is 0 Å². The molecule has 3 rings (SSSR count). The first kappa shape index (κ1) is 21.4. The second kappa shape index (κ2) is 9.45. The number of para-hydroxylation sites is 2. The minimum Gasteiger partial charge on any atom is -0.496 e. The maximum Gasteiger partial charge on any atom is 0.264 e. The van der Waals surface area contributed by atoms with Gasteiger partial charge in [0.15, 0.2) is 0 Å². The fraction of sp³-hybridized carbons (Fsp3) is 0.174. The van der Waals surface area contributed by atoms with Gasteiger partial charge in [0.25, 0.3) is 10.0 Å². The highest BCUT2D eigenvalue weighted by molar-refractivity contribution is 7.92. The number of carbonyl (C=O) groups is 1. The van der Waals surface area contributed by atoms with Crippen molar-refractivity contribution in [2.24, 2.45) is 0 Å². The van der Waals surface area contributed by atoms with Crippen LogP contribution in [0.1, 0.15) is 18.5 Å². The molecule has 0 aliphatic rings. The Morgan fingerprint density at radius 3 is 2.13 bits per heavy atom. The lowest BCUT2D eigenvalue weighted by atomic mass is 10.1. The smallest absolute Gasteiger partial charge is 0.264 e. The maximum absolute atomic E-state index is 13.3. The van der Waals surface area contributed by atoms with Crippen LogP contribution < -0.4 is 14.4 Å². The van der Waals surface area contributed by atoms with Crippen LogP contribution in [-0.2, 0) is 14.8 Å². The number of carbonyl (C=O) groups excluding carboxylic acids is 1. The van der Waals surface area contributed by atoms with Crippen LogP contribution in [0.5, 0.6) is 5.75 Å². The van der Waals surface area contributed by atoms with E-state index in [2.05, 4.69) is 5.32 Å². The number of sulfonamides is 1. The highest BCUT2D eigenvalue weighted by Gasteiger charge is 2.27. The molecular weight excluding hydrogens is 400 g/mol. The van der Waals surface area contributed by atoms with Gasteiger partial charge in [-0.05, 0) is 37.3 Å². The van der Waals surface area contributed by atoms with Gasteiger partial charge in [-0.3, -0.25) is 9.10 Å². The Hall–Kier alpha value is -3.32. The van der Waals surface area contributed by atoms with E-state index >= 15 is 0 Å². The molecule has 1 atom stereocenters. The number of hydrogen-bond donors (Lipinski definition) is 1. The van der Waals surface area contributed by atoms with Gasteiger partial charge in [-0.1, -0.05) is 54.6 Å². The zero-order chi connectivity index (χ0) is 21.6. The summed E-state index contributed by atoms with van der Waals surface area (Å²) in [5.41, 5.74) is 1.23. The summed E-state index contributed by atoms with van der Waals surface area (Å²) < 4.78 is 33.0. The fourth-order valence-electron chi connectivity index (χ4n) is 3.15. The van der Waals surface area contributed by atoms with Crippen LogP contribution in [0.25, 0.3) is 0 Å². The predicted octanol–water partition coefficient (Wildman–Crippen LogP) is 3.77. The first-order valence-electron chi connectivity index (χ1n) is 9.48. The van der Waals surface area contributed by atoms with Gasteiger partial charge in [-0.2, -0.15) is 0 Å². The Balaban J connectivity index is 1.86. The summed E-state index contributed by atoms with van der Waals surface area (Å²) >= 11 is 0. The van der Waals surface area contributed by atoms with Crippen LogP contribution in [-0.4, -0.2) is 28.0 Å². The van der Waals surface area contributed by atoms with Crippen molar-refractivity contribution >= 4 is 21.6 Å². The minimum atomic E-state index is -3.91. The Morgan fingerprint density at radius 2 is 1.50 bits per heavy atom. The van der Waals surface area contributed by atoms with E-state index in [9.17, 15) is 13.2 Å². The zero-order valence-electron chi connectivity index (χ0n) is 16.9. The van der Waals surface area contributed by atoms with Crippen LogP contribution in [0.15, 0.2) is 89.8 Å². The van der Waals surface area contributed by atoms with Crippen molar-refractivity contribution in [1.29, 1.82) is 0 Å². The molecule has 3 aromatic carbocycles. The summed E-state index contributed by atoms with van der Waals surface area (Å²) in [6, 6.07) is 23.7. The Labute approximate surface area is 177 Å². The van der Waals surface area contributed by atoms with E-state index in [1.54, 1.807) is 55.6 Å². The summed E-state index contributed by atoms with van der Waals surface area (Å²) in [5.74, 6) is 0.235. The largest absolute Gasteiger partial charge is 0.496 e. The molecule has 0 saturated carbocycles. The van der Waals surface area contributed by atoms with E-state index in [1.807, 2.05) is 31.2 Å². The lowest BCUT2D eigenvalue weighted by Crippen LogP contribution is -2.41. The minimum absolute atomic E-state index is 0.124. The molecule has 0 bridgehead atoms. The van der Waals surface area contributed by atoms with Crippen molar-refractivity contribution < 1.29 is 17.9 Å². The van der Waals surface area contributed by atoms with Crippen molar-refractivity contribution in [2.75, 3.05) is 18.0 Å². The molecule has 0 aromatic heterocycles. The summed E-state index contributed by atoms with van der Waals surface area (Å²) in [6.45, 7) is 1.48. The normalized spacial score (nSPS) is 12.1. The lowest BCUT2D eigenvalue weighted by molar-refractivity contribution is -0.120. The molecule has 156 valence electrons. The maximum atomic E-state index is 13.3. The lowest BCUT2D eigenvalue weighted by Gasteiger charge is -2.25. The molecule has 0 fully saturated rings. The number of anilines is 1. The fourth-order valence-corrected chi connectivity index (χ4v) is 4.59. The number of amides is 1. The summed E-state index contributed by atoms with van der Waals surface area (Å²) in [5, 5.41) is 2.87. The van der Waals surface area contributed by atoms with Crippen LogP contribution in [0, 0.1) is 0 Å². The van der Waals surface area contributed by atoms with E-state index in [1.165, 1.54) is 12.1 Å². The van der Waals surface area contributed by atoms with E-state index in [0.717, 1.165) is 9.87 Å². The molecular formula is C23H24N2O4S. The monoisotopic (exact) mass is 424 g/mol. The summed E-state index contributed by atoms with van der Waals surface area (Å²) in [7, 11) is -2.35. The van der Waals surface area contributed by atoms with Gasteiger partial charge in [0.2, 0.25) is 5.91 Å². The number of rotatable bonds is 8. The van der Waals surface area contributed by atoms with Gasteiger partial charge in [-0.25, -0.2) is 8.42 Å². The van der Waals surface area contributed by atoms with Gasteiger partial charge < -0.3 is 10.1 Å². The highest BCUT2D eigenvalue weighted by atomic mass is 32.2. The van der Waals surface area contributed by atoms with Crippen molar-refractivity contribution in [3.8, 4) is 5.75 Å². The number of methoxy groups -OCH3 is 1. The summed E-state index contributed by atoms with van der Waals surface area (Å²) in [4.78, 5) is 13.0. The van der Waals surface area contributed by atoms with Crippen LogP contribution in [0.4, 0.5) is 5.69 Å². The second-order valence-electron chi connectivity index (χ2n) is 6.69. The van der Waals surface area contributed by atoms with Crippen LogP contribution in [0.2, 0.25) is 0 Å². The van der Waals surface area contributed by atoms with E-state index in [0.29, 0.717) is 11.4 Å². The third-order valence-electron chi connectivity index (χ3n) is 4.65. The average molecular weight is 425 g/mol. The van der Waals surface area contributed by atoms with Gasteiger partial charge in [0.1, 0.15) is 12.3 Å².